The van der Waals surface area contributed by atoms with Crippen molar-refractivity contribution in [1.82, 2.24) is 15.1 Å². The van der Waals surface area contributed by atoms with E-state index in [1.54, 1.807) is 12.1 Å². The predicted octanol–water partition coefficient (Wildman–Crippen LogP) is 2.75. The minimum absolute atomic E-state index is 0.0440. The van der Waals surface area contributed by atoms with E-state index >= 15 is 0 Å². The zero-order chi connectivity index (χ0) is 17.1. The molecule has 2 aromatic rings. The van der Waals surface area contributed by atoms with Crippen molar-refractivity contribution < 1.29 is 14.1 Å². The molecule has 3 rings (SSSR count). The maximum Gasteiger partial charge on any atom is 0.277 e. The Morgan fingerprint density at radius 2 is 2.12 bits per heavy atom. The number of nitro benzene ring substituents is 1. The Morgan fingerprint density at radius 3 is 2.83 bits per heavy atom. The second kappa shape index (κ2) is 7.00. The fourth-order valence-corrected chi connectivity index (χ4v) is 3.29. The van der Waals surface area contributed by atoms with E-state index in [9.17, 15) is 14.9 Å². The maximum absolute atomic E-state index is 12.3. The predicted molar refractivity (Wildman–Crippen MR) is 87.5 cm³/mol. The van der Waals surface area contributed by atoms with E-state index in [-0.39, 0.29) is 28.0 Å². The van der Waals surface area contributed by atoms with Gasteiger partial charge in [-0.1, -0.05) is 17.8 Å². The first kappa shape index (κ1) is 16.4. The molecule has 1 amide bonds. The first-order chi connectivity index (χ1) is 11.5. The summed E-state index contributed by atoms with van der Waals surface area (Å²) in [6, 6.07) is 5.99. The highest BCUT2D eigenvalue weighted by Crippen LogP contribution is 2.29. The second-order valence-corrected chi connectivity index (χ2v) is 6.77. The third-order valence-electron chi connectivity index (χ3n) is 3.75. The molecule has 24 heavy (non-hydrogen) atoms. The number of likely N-dealkylation sites (tertiary alicyclic amines) is 1. The van der Waals surface area contributed by atoms with Gasteiger partial charge in [0.05, 0.1) is 10.2 Å². The maximum atomic E-state index is 12.3. The smallest absolute Gasteiger partial charge is 0.277 e. The van der Waals surface area contributed by atoms with E-state index in [1.807, 2.05) is 11.8 Å². The zero-order valence-electron chi connectivity index (χ0n) is 13.0. The van der Waals surface area contributed by atoms with E-state index < -0.39 is 4.92 Å². The minimum Gasteiger partial charge on any atom is -0.411 e. The Hall–Kier alpha value is -2.42. The summed E-state index contributed by atoms with van der Waals surface area (Å²) < 4.78 is 5.54. The molecule has 0 spiro atoms. The molecule has 1 atom stereocenters. The average Bonchev–Trinajstić information content (AvgIpc) is 3.26. The molecule has 1 aliphatic rings. The molecule has 1 saturated heterocycles. The van der Waals surface area contributed by atoms with Gasteiger partial charge in [0.15, 0.2) is 0 Å². The van der Waals surface area contributed by atoms with Crippen LogP contribution in [0.25, 0.3) is 11.5 Å². The number of aromatic nitrogens is 2. The molecule has 8 nitrogen and oxygen atoms in total. The Morgan fingerprint density at radius 1 is 1.38 bits per heavy atom. The van der Waals surface area contributed by atoms with Gasteiger partial charge in [-0.2, -0.15) is 0 Å². The molecule has 1 aliphatic heterocycles. The van der Waals surface area contributed by atoms with Crippen molar-refractivity contribution in [2.24, 2.45) is 0 Å². The summed E-state index contributed by atoms with van der Waals surface area (Å²) >= 11 is 1.20. The van der Waals surface area contributed by atoms with Crippen molar-refractivity contribution in [3.63, 3.8) is 0 Å². The van der Waals surface area contributed by atoms with Crippen LogP contribution in [0.15, 0.2) is 33.9 Å². The number of carbonyl (C=O) groups excluding carboxylic acids is 1. The Labute approximate surface area is 142 Å². The van der Waals surface area contributed by atoms with Gasteiger partial charge in [-0.25, -0.2) is 0 Å². The third kappa shape index (κ3) is 3.56. The summed E-state index contributed by atoms with van der Waals surface area (Å²) in [7, 11) is 0. The van der Waals surface area contributed by atoms with Crippen molar-refractivity contribution in [1.29, 1.82) is 0 Å². The molecule has 0 aliphatic carbocycles. The lowest BCUT2D eigenvalue weighted by Gasteiger charge is -2.18. The van der Waals surface area contributed by atoms with Crippen LogP contribution in [0.4, 0.5) is 5.69 Å². The first-order valence-electron chi connectivity index (χ1n) is 7.58. The summed E-state index contributed by atoms with van der Waals surface area (Å²) in [5, 5.41) is 18.6. The molecule has 0 unspecified atom stereocenters. The largest absolute Gasteiger partial charge is 0.411 e. The average molecular weight is 348 g/mol. The van der Waals surface area contributed by atoms with Gasteiger partial charge in [0.2, 0.25) is 11.8 Å². The van der Waals surface area contributed by atoms with Gasteiger partial charge in [0.1, 0.15) is 0 Å². The van der Waals surface area contributed by atoms with Gasteiger partial charge in [0, 0.05) is 30.8 Å². The molecule has 126 valence electrons. The van der Waals surface area contributed by atoms with Crippen LogP contribution in [0.3, 0.4) is 0 Å². The van der Waals surface area contributed by atoms with Crippen molar-refractivity contribution in [3.05, 3.63) is 34.4 Å². The number of amides is 1. The molecule has 0 bridgehead atoms. The highest BCUT2D eigenvalue weighted by Gasteiger charge is 2.25. The van der Waals surface area contributed by atoms with Crippen LogP contribution >= 0.6 is 11.8 Å². The fraction of sp³-hybridized carbons (Fsp3) is 0.400. The Bertz CT molecular complexity index is 757. The Kier molecular flexibility index (Phi) is 4.79. The van der Waals surface area contributed by atoms with Crippen molar-refractivity contribution in [2.45, 2.75) is 30.2 Å². The van der Waals surface area contributed by atoms with Crippen LogP contribution in [-0.4, -0.2) is 44.3 Å². The van der Waals surface area contributed by atoms with E-state index in [0.717, 1.165) is 25.9 Å². The molecule has 1 aromatic heterocycles. The number of thioether (sulfide) groups is 1. The van der Waals surface area contributed by atoms with Gasteiger partial charge in [-0.05, 0) is 25.8 Å². The summed E-state index contributed by atoms with van der Waals surface area (Å²) in [5.41, 5.74) is 0.430. The van der Waals surface area contributed by atoms with E-state index in [2.05, 4.69) is 10.2 Å². The number of benzene rings is 1. The van der Waals surface area contributed by atoms with Gasteiger partial charge in [-0.15, -0.1) is 10.2 Å². The molecule has 0 N–H and O–H groups in total. The SMILES string of the molecule is C[C@@H](Sc1nnc(-c2cccc([N+](=O)[O-])c2)o1)C(=O)N1CCCC1. The number of hydrogen-bond acceptors (Lipinski definition) is 7. The quantitative estimate of drug-likeness (QED) is 0.465. The number of rotatable bonds is 5. The standard InChI is InChI=1S/C15H16N4O4S/c1-10(14(20)18-7-2-3-8-18)24-15-17-16-13(23-15)11-5-4-6-12(9-11)19(21)22/h4-6,9-10H,2-3,7-8H2,1H3/t10-/m1/s1. The van der Waals surface area contributed by atoms with Crippen molar-refractivity contribution in [3.8, 4) is 11.5 Å². The lowest BCUT2D eigenvalue weighted by atomic mass is 10.2. The molecule has 1 aromatic carbocycles. The van der Waals surface area contributed by atoms with E-state index in [1.165, 1.54) is 23.9 Å². The number of non-ortho nitro benzene ring substituents is 1. The van der Waals surface area contributed by atoms with Crippen LogP contribution in [0.2, 0.25) is 0 Å². The van der Waals surface area contributed by atoms with Gasteiger partial charge in [0.25, 0.3) is 10.9 Å². The van der Waals surface area contributed by atoms with Crippen LogP contribution in [0, 0.1) is 10.1 Å². The van der Waals surface area contributed by atoms with Crippen LogP contribution in [0.5, 0.6) is 0 Å². The number of carbonyl (C=O) groups is 1. The molecule has 2 heterocycles. The van der Waals surface area contributed by atoms with Crippen LogP contribution in [0.1, 0.15) is 19.8 Å². The molecule has 1 fully saturated rings. The van der Waals surface area contributed by atoms with Crippen molar-refractivity contribution >= 4 is 23.4 Å². The monoisotopic (exact) mass is 348 g/mol. The lowest BCUT2D eigenvalue weighted by molar-refractivity contribution is -0.384. The summed E-state index contributed by atoms with van der Waals surface area (Å²) in [6.07, 6.45) is 2.08. The van der Waals surface area contributed by atoms with Crippen LogP contribution < -0.4 is 0 Å². The van der Waals surface area contributed by atoms with Gasteiger partial charge >= 0.3 is 0 Å². The summed E-state index contributed by atoms with van der Waals surface area (Å²) in [6.45, 7) is 3.40. The molecular formula is C15H16N4O4S. The van der Waals surface area contributed by atoms with Crippen LogP contribution in [-0.2, 0) is 4.79 Å². The van der Waals surface area contributed by atoms with Crippen molar-refractivity contribution in [2.75, 3.05) is 13.1 Å². The topological polar surface area (TPSA) is 102 Å². The number of hydrogen-bond donors (Lipinski definition) is 0. The number of nitro groups is 1. The van der Waals surface area contributed by atoms with Gasteiger partial charge in [-0.3, -0.25) is 14.9 Å². The normalized spacial score (nSPS) is 15.5. The molecule has 0 radical (unpaired) electrons. The third-order valence-corrected chi connectivity index (χ3v) is 4.68. The summed E-state index contributed by atoms with van der Waals surface area (Å²) in [4.78, 5) is 24.5. The minimum atomic E-state index is -0.480. The highest BCUT2D eigenvalue weighted by molar-refractivity contribution is 8.00. The Balaban J connectivity index is 1.70. The second-order valence-electron chi connectivity index (χ2n) is 5.47. The summed E-state index contributed by atoms with van der Waals surface area (Å²) in [5.74, 6) is 0.259. The van der Waals surface area contributed by atoms with E-state index in [4.69, 9.17) is 4.42 Å². The molecular weight excluding hydrogens is 332 g/mol. The van der Waals surface area contributed by atoms with E-state index in [0.29, 0.717) is 5.56 Å². The first-order valence-corrected chi connectivity index (χ1v) is 8.46. The highest BCUT2D eigenvalue weighted by atomic mass is 32.2. The number of nitrogens with zero attached hydrogens (tertiary/aromatic N) is 4. The zero-order valence-corrected chi connectivity index (χ0v) is 13.9. The molecule has 9 heteroatoms. The van der Waals surface area contributed by atoms with Gasteiger partial charge < -0.3 is 9.32 Å². The molecule has 0 saturated carbocycles. The lowest BCUT2D eigenvalue weighted by Crippen LogP contribution is -2.34. The fourth-order valence-electron chi connectivity index (χ4n) is 2.52.